The lowest BCUT2D eigenvalue weighted by Gasteiger charge is -2.00. The number of nitrogens with zero attached hydrogens (tertiary/aromatic N) is 2. The van der Waals surface area contributed by atoms with Gasteiger partial charge in [0.1, 0.15) is 0 Å². The van der Waals surface area contributed by atoms with Gasteiger partial charge in [-0.2, -0.15) is 0 Å². The molecule has 0 radical (unpaired) electrons. The van der Waals surface area contributed by atoms with Gasteiger partial charge < -0.3 is 5.73 Å². The van der Waals surface area contributed by atoms with Crippen LogP contribution in [0.25, 0.3) is 0 Å². The molecule has 0 saturated heterocycles. The highest BCUT2D eigenvalue weighted by atomic mass is 14.8. The SMILES string of the molecule is CCc1ccc(C(/C=C\N)=NC)nc1. The Morgan fingerprint density at radius 2 is 2.36 bits per heavy atom. The first-order valence-electron chi connectivity index (χ1n) is 4.62. The number of rotatable bonds is 3. The van der Waals surface area contributed by atoms with Crippen molar-refractivity contribution in [2.45, 2.75) is 13.3 Å². The van der Waals surface area contributed by atoms with Gasteiger partial charge in [-0.3, -0.25) is 9.98 Å². The van der Waals surface area contributed by atoms with Crippen LogP contribution < -0.4 is 5.73 Å². The zero-order chi connectivity index (χ0) is 10.4. The summed E-state index contributed by atoms with van der Waals surface area (Å²) < 4.78 is 0. The molecule has 0 amide bonds. The number of hydrogen-bond acceptors (Lipinski definition) is 3. The Kier molecular flexibility index (Phi) is 3.85. The number of hydrogen-bond donors (Lipinski definition) is 1. The van der Waals surface area contributed by atoms with Crippen molar-refractivity contribution in [3.8, 4) is 0 Å². The number of pyridine rings is 1. The molecule has 3 heteroatoms. The van der Waals surface area contributed by atoms with E-state index in [-0.39, 0.29) is 0 Å². The lowest BCUT2D eigenvalue weighted by Crippen LogP contribution is -2.01. The van der Waals surface area contributed by atoms with Gasteiger partial charge in [-0.15, -0.1) is 0 Å². The molecule has 0 bridgehead atoms. The van der Waals surface area contributed by atoms with Crippen molar-refractivity contribution in [2.24, 2.45) is 10.7 Å². The highest BCUT2D eigenvalue weighted by Gasteiger charge is 1.99. The van der Waals surface area contributed by atoms with E-state index in [9.17, 15) is 0 Å². The fraction of sp³-hybridized carbons (Fsp3) is 0.273. The van der Waals surface area contributed by atoms with Gasteiger partial charge in [-0.1, -0.05) is 13.0 Å². The van der Waals surface area contributed by atoms with Crippen LogP contribution in [0, 0.1) is 0 Å². The van der Waals surface area contributed by atoms with E-state index in [0.717, 1.165) is 17.8 Å². The normalized spacial score (nSPS) is 12.3. The molecule has 2 N–H and O–H groups in total. The first-order chi connectivity index (χ1) is 6.81. The fourth-order valence-electron chi connectivity index (χ4n) is 1.15. The Bertz CT molecular complexity index is 336. The molecule has 0 spiro atoms. The summed E-state index contributed by atoms with van der Waals surface area (Å²) in [7, 11) is 1.73. The van der Waals surface area contributed by atoms with Crippen molar-refractivity contribution in [2.75, 3.05) is 7.05 Å². The van der Waals surface area contributed by atoms with Gasteiger partial charge in [0.2, 0.25) is 0 Å². The summed E-state index contributed by atoms with van der Waals surface area (Å²) in [4.78, 5) is 8.39. The van der Waals surface area contributed by atoms with E-state index in [1.54, 1.807) is 13.1 Å². The van der Waals surface area contributed by atoms with Crippen LogP contribution in [0.1, 0.15) is 18.2 Å². The third-order valence-electron chi connectivity index (χ3n) is 1.99. The molecule has 0 unspecified atom stereocenters. The second-order valence-electron chi connectivity index (χ2n) is 2.87. The van der Waals surface area contributed by atoms with E-state index in [1.165, 1.54) is 11.8 Å². The van der Waals surface area contributed by atoms with Crippen LogP contribution in [0.5, 0.6) is 0 Å². The average Bonchev–Trinajstić information content (AvgIpc) is 2.26. The zero-order valence-electron chi connectivity index (χ0n) is 8.57. The molecule has 1 aromatic heterocycles. The smallest absolute Gasteiger partial charge is 0.0882 e. The molecule has 1 aromatic rings. The minimum absolute atomic E-state index is 0.801. The van der Waals surface area contributed by atoms with Crippen LogP contribution in [0.4, 0.5) is 0 Å². The van der Waals surface area contributed by atoms with Crippen molar-refractivity contribution in [1.82, 2.24) is 4.98 Å². The van der Waals surface area contributed by atoms with E-state index in [1.807, 2.05) is 12.3 Å². The summed E-state index contributed by atoms with van der Waals surface area (Å²) in [5, 5.41) is 0. The number of aryl methyl sites for hydroxylation is 1. The monoisotopic (exact) mass is 189 g/mol. The molecule has 1 heterocycles. The van der Waals surface area contributed by atoms with Gasteiger partial charge in [0.05, 0.1) is 11.4 Å². The van der Waals surface area contributed by atoms with Crippen molar-refractivity contribution < 1.29 is 0 Å². The van der Waals surface area contributed by atoms with E-state index in [2.05, 4.69) is 23.0 Å². The maximum absolute atomic E-state index is 5.31. The summed E-state index contributed by atoms with van der Waals surface area (Å²) in [5.41, 5.74) is 8.19. The molecule has 14 heavy (non-hydrogen) atoms. The van der Waals surface area contributed by atoms with Crippen LogP contribution in [-0.2, 0) is 6.42 Å². The van der Waals surface area contributed by atoms with Crippen LogP contribution in [-0.4, -0.2) is 17.7 Å². The molecule has 0 saturated carbocycles. The summed E-state index contributed by atoms with van der Waals surface area (Å²) in [6, 6.07) is 4.01. The first kappa shape index (κ1) is 10.4. The van der Waals surface area contributed by atoms with Crippen LogP contribution in [0.2, 0.25) is 0 Å². The summed E-state index contributed by atoms with van der Waals surface area (Å²) in [5.74, 6) is 0. The van der Waals surface area contributed by atoms with E-state index < -0.39 is 0 Å². The lowest BCUT2D eigenvalue weighted by atomic mass is 10.2. The maximum Gasteiger partial charge on any atom is 0.0882 e. The molecular formula is C11H15N3. The van der Waals surface area contributed by atoms with Crippen molar-refractivity contribution in [3.05, 3.63) is 41.9 Å². The molecule has 0 aliphatic heterocycles. The zero-order valence-corrected chi connectivity index (χ0v) is 8.57. The van der Waals surface area contributed by atoms with Crippen LogP contribution in [0.15, 0.2) is 35.6 Å². The minimum atomic E-state index is 0.801. The average molecular weight is 189 g/mol. The largest absolute Gasteiger partial charge is 0.405 e. The maximum atomic E-state index is 5.31. The van der Waals surface area contributed by atoms with Crippen LogP contribution >= 0.6 is 0 Å². The third-order valence-corrected chi connectivity index (χ3v) is 1.99. The second-order valence-corrected chi connectivity index (χ2v) is 2.87. The molecule has 0 atom stereocenters. The molecule has 0 fully saturated rings. The van der Waals surface area contributed by atoms with Gasteiger partial charge in [-0.05, 0) is 30.3 Å². The molecular weight excluding hydrogens is 174 g/mol. The van der Waals surface area contributed by atoms with Crippen LogP contribution in [0.3, 0.4) is 0 Å². The predicted molar refractivity (Wildman–Crippen MR) is 59.4 cm³/mol. The minimum Gasteiger partial charge on any atom is -0.405 e. The highest BCUT2D eigenvalue weighted by molar-refractivity contribution is 6.07. The Hall–Kier alpha value is -1.64. The van der Waals surface area contributed by atoms with E-state index in [4.69, 9.17) is 5.73 Å². The quantitative estimate of drug-likeness (QED) is 0.733. The molecule has 1 rings (SSSR count). The lowest BCUT2D eigenvalue weighted by molar-refractivity contribution is 1.10. The number of allylic oxidation sites excluding steroid dienone is 1. The number of aromatic nitrogens is 1. The van der Waals surface area contributed by atoms with E-state index >= 15 is 0 Å². The van der Waals surface area contributed by atoms with Gasteiger partial charge in [0, 0.05) is 13.2 Å². The first-order valence-corrected chi connectivity index (χ1v) is 4.62. The van der Waals surface area contributed by atoms with Crippen molar-refractivity contribution in [1.29, 1.82) is 0 Å². The van der Waals surface area contributed by atoms with Gasteiger partial charge in [-0.25, -0.2) is 0 Å². The van der Waals surface area contributed by atoms with E-state index in [0.29, 0.717) is 0 Å². The van der Waals surface area contributed by atoms with Gasteiger partial charge in [0.25, 0.3) is 0 Å². The number of aliphatic imine (C=N–C) groups is 1. The Balaban J connectivity index is 2.96. The standard InChI is InChI=1S/C11H15N3/c1-3-9-4-5-11(14-8-9)10(13-2)6-7-12/h4-8H,3,12H2,1-2H3/b7-6-,13-10?. The third kappa shape index (κ3) is 2.42. The van der Waals surface area contributed by atoms with Gasteiger partial charge >= 0.3 is 0 Å². The predicted octanol–water partition coefficient (Wildman–Crippen LogP) is 1.54. The second kappa shape index (κ2) is 5.17. The molecule has 0 aromatic carbocycles. The molecule has 0 aliphatic rings. The summed E-state index contributed by atoms with van der Waals surface area (Å²) in [6.45, 7) is 2.10. The Morgan fingerprint density at radius 1 is 1.57 bits per heavy atom. The highest BCUT2D eigenvalue weighted by Crippen LogP contribution is 2.03. The number of nitrogens with two attached hydrogens (primary N) is 1. The summed E-state index contributed by atoms with van der Waals surface area (Å²) >= 11 is 0. The van der Waals surface area contributed by atoms with Gasteiger partial charge in [0.15, 0.2) is 0 Å². The molecule has 74 valence electrons. The fourth-order valence-corrected chi connectivity index (χ4v) is 1.15. The molecule has 3 nitrogen and oxygen atoms in total. The van der Waals surface area contributed by atoms with Crippen molar-refractivity contribution in [3.63, 3.8) is 0 Å². The Labute approximate surface area is 84.4 Å². The summed E-state index contributed by atoms with van der Waals surface area (Å²) in [6.07, 6.45) is 6.08. The topological polar surface area (TPSA) is 51.3 Å². The van der Waals surface area contributed by atoms with Crippen molar-refractivity contribution >= 4 is 5.71 Å². The molecule has 0 aliphatic carbocycles. The Morgan fingerprint density at radius 3 is 2.79 bits per heavy atom.